The maximum atomic E-state index is 12.6. The monoisotopic (exact) mass is 194 g/mol. The van der Waals surface area contributed by atoms with Gasteiger partial charge in [0.25, 0.3) is 0 Å². The third-order valence-corrected chi connectivity index (χ3v) is 2.34. The number of ether oxygens (including phenoxy) is 1. The smallest absolute Gasteiger partial charge is 0.123 e. The first-order valence-corrected chi connectivity index (χ1v) is 4.81. The molecule has 75 valence electrons. The Morgan fingerprint density at radius 3 is 2.79 bits per heavy atom. The molecule has 1 aliphatic rings. The number of hydrogen-bond donors (Lipinski definition) is 0. The van der Waals surface area contributed by atoms with E-state index in [4.69, 9.17) is 4.74 Å². The van der Waals surface area contributed by atoms with Crippen molar-refractivity contribution in [2.24, 2.45) is 0 Å². The molecule has 1 saturated heterocycles. The summed E-state index contributed by atoms with van der Waals surface area (Å²) >= 11 is 0. The van der Waals surface area contributed by atoms with Crippen LogP contribution in [-0.2, 0) is 11.3 Å². The van der Waals surface area contributed by atoms with Crippen molar-refractivity contribution in [3.05, 3.63) is 35.6 Å². The zero-order valence-electron chi connectivity index (χ0n) is 8.00. The van der Waals surface area contributed by atoms with Crippen LogP contribution in [0.15, 0.2) is 18.2 Å². The quantitative estimate of drug-likeness (QED) is 0.706. The van der Waals surface area contributed by atoms with E-state index >= 15 is 0 Å². The number of rotatable bonds is 2. The van der Waals surface area contributed by atoms with Crippen LogP contribution in [0.3, 0.4) is 0 Å². The highest BCUT2D eigenvalue weighted by Gasteiger charge is 2.10. The Bertz CT molecular complexity index is 280. The van der Waals surface area contributed by atoms with Crippen molar-refractivity contribution in [2.45, 2.75) is 6.54 Å². The van der Waals surface area contributed by atoms with E-state index in [2.05, 4.69) is 11.0 Å². The Balaban J connectivity index is 1.92. The molecule has 0 aliphatic carbocycles. The summed E-state index contributed by atoms with van der Waals surface area (Å²) in [5, 5.41) is 0. The third-order valence-electron chi connectivity index (χ3n) is 2.34. The lowest BCUT2D eigenvalue weighted by Gasteiger charge is -2.26. The van der Waals surface area contributed by atoms with E-state index < -0.39 is 0 Å². The maximum absolute atomic E-state index is 12.6. The van der Waals surface area contributed by atoms with Crippen LogP contribution < -0.4 is 0 Å². The normalized spacial score (nSPS) is 18.4. The first-order chi connectivity index (χ1) is 6.84. The molecule has 1 aliphatic heterocycles. The molecule has 0 amide bonds. The van der Waals surface area contributed by atoms with Crippen molar-refractivity contribution >= 4 is 0 Å². The van der Waals surface area contributed by atoms with E-state index in [1.807, 2.05) is 0 Å². The molecule has 1 heterocycles. The SMILES string of the molecule is Fc1c[c]c(CN2CCOCC2)cc1. The molecule has 1 aromatic carbocycles. The van der Waals surface area contributed by atoms with Gasteiger partial charge in [-0.3, -0.25) is 4.90 Å². The van der Waals surface area contributed by atoms with Crippen LogP contribution in [0.25, 0.3) is 0 Å². The topological polar surface area (TPSA) is 12.5 Å². The van der Waals surface area contributed by atoms with Crippen LogP contribution in [0, 0.1) is 11.9 Å². The average molecular weight is 194 g/mol. The summed E-state index contributed by atoms with van der Waals surface area (Å²) in [6.07, 6.45) is 0. The van der Waals surface area contributed by atoms with Crippen molar-refractivity contribution < 1.29 is 9.13 Å². The highest BCUT2D eigenvalue weighted by molar-refractivity contribution is 5.14. The van der Waals surface area contributed by atoms with Gasteiger partial charge in [0.1, 0.15) is 5.82 Å². The van der Waals surface area contributed by atoms with E-state index in [1.54, 1.807) is 6.07 Å². The fourth-order valence-electron chi connectivity index (χ4n) is 1.54. The molecular weight excluding hydrogens is 181 g/mol. The number of halogens is 1. The zero-order chi connectivity index (χ0) is 9.80. The largest absolute Gasteiger partial charge is 0.379 e. The van der Waals surface area contributed by atoms with Crippen molar-refractivity contribution in [1.82, 2.24) is 4.90 Å². The second-order valence-corrected chi connectivity index (χ2v) is 3.42. The van der Waals surface area contributed by atoms with Crippen molar-refractivity contribution in [2.75, 3.05) is 26.3 Å². The van der Waals surface area contributed by atoms with Gasteiger partial charge in [-0.1, -0.05) is 6.07 Å². The van der Waals surface area contributed by atoms with Gasteiger partial charge in [0.05, 0.1) is 13.2 Å². The first-order valence-electron chi connectivity index (χ1n) is 4.81. The lowest BCUT2D eigenvalue weighted by atomic mass is 10.2. The van der Waals surface area contributed by atoms with Crippen LogP contribution in [0.4, 0.5) is 4.39 Å². The van der Waals surface area contributed by atoms with Gasteiger partial charge in [0, 0.05) is 19.6 Å². The molecule has 1 radical (unpaired) electrons. The standard InChI is InChI=1S/C11H13FNO/c12-11-3-1-10(2-4-11)9-13-5-7-14-8-6-13/h1,3-4H,5-9H2. The van der Waals surface area contributed by atoms with Crippen molar-refractivity contribution in [3.63, 3.8) is 0 Å². The van der Waals surface area contributed by atoms with E-state index in [0.717, 1.165) is 38.4 Å². The molecule has 2 rings (SSSR count). The van der Waals surface area contributed by atoms with Crippen LogP contribution in [0.2, 0.25) is 0 Å². The van der Waals surface area contributed by atoms with Gasteiger partial charge in [-0.15, -0.1) is 0 Å². The predicted octanol–water partition coefficient (Wildman–Crippen LogP) is 1.46. The number of hydrogen-bond acceptors (Lipinski definition) is 2. The molecule has 2 nitrogen and oxygen atoms in total. The first kappa shape index (κ1) is 9.62. The molecule has 0 bridgehead atoms. The Labute approximate surface area is 83.3 Å². The molecular formula is C11H13FNO. The minimum atomic E-state index is -0.226. The maximum Gasteiger partial charge on any atom is 0.123 e. The Kier molecular flexibility index (Phi) is 3.11. The molecule has 0 spiro atoms. The fourth-order valence-corrected chi connectivity index (χ4v) is 1.54. The van der Waals surface area contributed by atoms with Crippen molar-refractivity contribution in [3.8, 4) is 0 Å². The van der Waals surface area contributed by atoms with Gasteiger partial charge in [-0.05, 0) is 23.8 Å². The second-order valence-electron chi connectivity index (χ2n) is 3.42. The van der Waals surface area contributed by atoms with Crippen molar-refractivity contribution in [1.29, 1.82) is 0 Å². The highest BCUT2D eigenvalue weighted by atomic mass is 19.1. The van der Waals surface area contributed by atoms with E-state index in [9.17, 15) is 4.39 Å². The highest BCUT2D eigenvalue weighted by Crippen LogP contribution is 2.07. The van der Waals surface area contributed by atoms with Crippen LogP contribution in [0.1, 0.15) is 5.56 Å². The molecule has 0 atom stereocenters. The van der Waals surface area contributed by atoms with Crippen LogP contribution in [0.5, 0.6) is 0 Å². The lowest BCUT2D eigenvalue weighted by molar-refractivity contribution is 0.0341. The molecule has 1 aromatic rings. The van der Waals surface area contributed by atoms with Gasteiger partial charge in [-0.25, -0.2) is 4.39 Å². The molecule has 0 saturated carbocycles. The second kappa shape index (κ2) is 4.53. The third kappa shape index (κ3) is 2.53. The van der Waals surface area contributed by atoms with Crippen LogP contribution in [-0.4, -0.2) is 31.2 Å². The minimum absolute atomic E-state index is 0.226. The summed E-state index contributed by atoms with van der Waals surface area (Å²) in [7, 11) is 0. The lowest BCUT2D eigenvalue weighted by Crippen LogP contribution is -2.35. The van der Waals surface area contributed by atoms with Crippen LogP contribution >= 0.6 is 0 Å². The molecule has 14 heavy (non-hydrogen) atoms. The summed E-state index contributed by atoms with van der Waals surface area (Å²) in [6, 6.07) is 7.57. The molecule has 0 unspecified atom stereocenters. The Morgan fingerprint density at radius 1 is 1.36 bits per heavy atom. The fraction of sp³-hybridized carbons (Fsp3) is 0.455. The number of benzene rings is 1. The van der Waals surface area contributed by atoms with E-state index in [-0.39, 0.29) is 5.82 Å². The zero-order valence-corrected chi connectivity index (χ0v) is 8.00. The summed E-state index contributed by atoms with van der Waals surface area (Å²) < 4.78 is 17.8. The van der Waals surface area contributed by atoms with Gasteiger partial charge in [0.2, 0.25) is 0 Å². The summed E-state index contributed by atoms with van der Waals surface area (Å²) in [5.41, 5.74) is 1.04. The average Bonchev–Trinajstić information content (AvgIpc) is 2.23. The van der Waals surface area contributed by atoms with Gasteiger partial charge in [0.15, 0.2) is 0 Å². The summed E-state index contributed by atoms with van der Waals surface area (Å²) in [4.78, 5) is 2.28. The van der Waals surface area contributed by atoms with Gasteiger partial charge >= 0.3 is 0 Å². The predicted molar refractivity (Wildman–Crippen MR) is 51.3 cm³/mol. The molecule has 1 fully saturated rings. The number of nitrogens with zero attached hydrogens (tertiary/aromatic N) is 1. The van der Waals surface area contributed by atoms with E-state index in [1.165, 1.54) is 12.1 Å². The number of morpholine rings is 1. The minimum Gasteiger partial charge on any atom is -0.379 e. The Hall–Kier alpha value is -0.930. The Morgan fingerprint density at radius 2 is 2.14 bits per heavy atom. The summed E-state index contributed by atoms with van der Waals surface area (Å²) in [5.74, 6) is -0.226. The van der Waals surface area contributed by atoms with E-state index in [0.29, 0.717) is 0 Å². The molecule has 0 N–H and O–H groups in total. The molecule has 0 aromatic heterocycles. The van der Waals surface area contributed by atoms with Gasteiger partial charge in [-0.2, -0.15) is 0 Å². The molecule has 3 heteroatoms. The summed E-state index contributed by atoms with van der Waals surface area (Å²) in [6.45, 7) is 4.32. The van der Waals surface area contributed by atoms with Gasteiger partial charge < -0.3 is 4.74 Å².